The maximum absolute atomic E-state index is 8.74. The first-order chi connectivity index (χ1) is 3.46. The van der Waals surface area contributed by atoms with Gasteiger partial charge in [0.25, 0.3) is 0 Å². The maximum atomic E-state index is 8.74. The molecule has 4 N–H and O–H groups in total. The van der Waals surface area contributed by atoms with Crippen LogP contribution in [0.4, 0.5) is 0 Å². The Morgan fingerprint density at radius 2 is 1.50 bits per heavy atom. The molecule has 0 aromatic carbocycles. The Hall–Kier alpha value is 0.110. The third-order valence-electron chi connectivity index (χ3n) is 0. The average Bonchev–Trinajstić information content (AvgIpc) is 1.25. The summed E-state index contributed by atoms with van der Waals surface area (Å²) < 4.78 is 8.74. The summed E-state index contributed by atoms with van der Waals surface area (Å²) in [4.78, 5) is 14.3. The molecule has 0 rings (SSSR count). The number of rotatable bonds is 0. The molecule has 0 bridgehead atoms. The zero-order chi connectivity index (χ0) is 7.15. The SMILES string of the molecule is CC(C)N.O=[PH](O)O. The molecule has 0 atom stereocenters. The standard InChI is InChI=1S/C3H9N.H3O3P/c1-3(2)4;1-4(2)3/h3H,4H2,1-2H3;4H,(H2,1,2,3). The van der Waals surface area contributed by atoms with Crippen LogP contribution in [0.15, 0.2) is 0 Å². The van der Waals surface area contributed by atoms with Crippen molar-refractivity contribution in [1.29, 1.82) is 0 Å². The largest absolute Gasteiger partial charge is 0.328 e. The summed E-state index contributed by atoms with van der Waals surface area (Å²) in [6, 6.07) is 0.333. The van der Waals surface area contributed by atoms with Crippen LogP contribution in [-0.4, -0.2) is 15.8 Å². The van der Waals surface area contributed by atoms with Crippen LogP contribution in [0.1, 0.15) is 13.8 Å². The van der Waals surface area contributed by atoms with E-state index in [9.17, 15) is 0 Å². The van der Waals surface area contributed by atoms with Crippen LogP contribution in [0.5, 0.6) is 0 Å². The van der Waals surface area contributed by atoms with E-state index in [0.29, 0.717) is 6.04 Å². The van der Waals surface area contributed by atoms with Gasteiger partial charge < -0.3 is 15.5 Å². The summed E-state index contributed by atoms with van der Waals surface area (Å²) in [5, 5.41) is 0. The maximum Gasteiger partial charge on any atom is 0.314 e. The molecule has 0 aliphatic carbocycles. The van der Waals surface area contributed by atoms with Crippen molar-refractivity contribution in [2.75, 3.05) is 0 Å². The fourth-order valence-electron chi connectivity index (χ4n) is 0. The quantitative estimate of drug-likeness (QED) is 0.405. The van der Waals surface area contributed by atoms with Crippen LogP contribution in [0.25, 0.3) is 0 Å². The highest BCUT2D eigenvalue weighted by atomic mass is 31.1. The summed E-state index contributed by atoms with van der Waals surface area (Å²) in [7, 11) is -3.13. The van der Waals surface area contributed by atoms with Crippen LogP contribution in [0.2, 0.25) is 0 Å². The Morgan fingerprint density at radius 1 is 1.50 bits per heavy atom. The molecule has 0 heterocycles. The predicted octanol–water partition coefficient (Wildman–Crippen LogP) is -0.286. The fraction of sp³-hybridized carbons (Fsp3) is 1.00. The van der Waals surface area contributed by atoms with Gasteiger partial charge in [0, 0.05) is 0 Å². The molecular weight excluding hydrogens is 129 g/mol. The Labute approximate surface area is 49.3 Å². The first kappa shape index (κ1) is 11.0. The molecule has 0 spiro atoms. The topological polar surface area (TPSA) is 83.6 Å². The van der Waals surface area contributed by atoms with Gasteiger partial charge in [0.05, 0.1) is 0 Å². The van der Waals surface area contributed by atoms with Gasteiger partial charge in [0.1, 0.15) is 0 Å². The van der Waals surface area contributed by atoms with Crippen LogP contribution in [-0.2, 0) is 4.57 Å². The highest BCUT2D eigenvalue weighted by molar-refractivity contribution is 7.30. The number of hydrogen-bond donors (Lipinski definition) is 3. The third-order valence-corrected chi connectivity index (χ3v) is 0. The van der Waals surface area contributed by atoms with Gasteiger partial charge >= 0.3 is 8.25 Å². The van der Waals surface area contributed by atoms with Crippen molar-refractivity contribution in [3.63, 3.8) is 0 Å². The minimum Gasteiger partial charge on any atom is -0.328 e. The molecule has 0 aliphatic heterocycles. The van der Waals surface area contributed by atoms with E-state index in [-0.39, 0.29) is 0 Å². The molecule has 5 heteroatoms. The van der Waals surface area contributed by atoms with Crippen molar-refractivity contribution in [3.05, 3.63) is 0 Å². The van der Waals surface area contributed by atoms with E-state index in [4.69, 9.17) is 20.1 Å². The second-order valence-electron chi connectivity index (χ2n) is 1.53. The monoisotopic (exact) mass is 141 g/mol. The lowest BCUT2D eigenvalue weighted by atomic mass is 10.5. The van der Waals surface area contributed by atoms with E-state index in [1.807, 2.05) is 13.8 Å². The van der Waals surface area contributed by atoms with Gasteiger partial charge in [-0.2, -0.15) is 0 Å². The molecule has 0 saturated carbocycles. The normalized spacial score (nSPS) is 8.88. The van der Waals surface area contributed by atoms with Crippen molar-refractivity contribution in [2.24, 2.45) is 5.73 Å². The van der Waals surface area contributed by atoms with Gasteiger partial charge in [-0.05, 0) is 6.04 Å². The van der Waals surface area contributed by atoms with Gasteiger partial charge in [0.15, 0.2) is 0 Å². The first-order valence-corrected chi connectivity index (χ1v) is 3.44. The molecular formula is C3H12NO3P. The van der Waals surface area contributed by atoms with E-state index < -0.39 is 8.25 Å². The molecule has 0 fully saturated rings. The Morgan fingerprint density at radius 3 is 1.50 bits per heavy atom. The molecule has 0 unspecified atom stereocenters. The fourth-order valence-corrected chi connectivity index (χ4v) is 0. The van der Waals surface area contributed by atoms with Crippen molar-refractivity contribution >= 4 is 8.25 Å². The molecule has 8 heavy (non-hydrogen) atoms. The van der Waals surface area contributed by atoms with Crippen LogP contribution < -0.4 is 5.73 Å². The van der Waals surface area contributed by atoms with Crippen molar-refractivity contribution in [1.82, 2.24) is 0 Å². The van der Waals surface area contributed by atoms with Crippen molar-refractivity contribution in [2.45, 2.75) is 19.9 Å². The highest BCUT2D eigenvalue weighted by Gasteiger charge is 1.67. The van der Waals surface area contributed by atoms with Gasteiger partial charge in [-0.3, -0.25) is 4.57 Å². The lowest BCUT2D eigenvalue weighted by molar-refractivity contribution is 0.405. The Balaban J connectivity index is 0. The predicted molar refractivity (Wildman–Crippen MR) is 32.8 cm³/mol. The minimum absolute atomic E-state index is 0.333. The Bertz CT molecular complexity index is 58.8. The molecule has 0 aliphatic rings. The van der Waals surface area contributed by atoms with E-state index in [2.05, 4.69) is 0 Å². The van der Waals surface area contributed by atoms with Gasteiger partial charge in [-0.15, -0.1) is 0 Å². The van der Waals surface area contributed by atoms with Gasteiger partial charge in [0.2, 0.25) is 0 Å². The second kappa shape index (κ2) is 7.11. The summed E-state index contributed by atoms with van der Waals surface area (Å²) >= 11 is 0. The summed E-state index contributed by atoms with van der Waals surface area (Å²) in [6.45, 7) is 3.89. The lowest BCUT2D eigenvalue weighted by Crippen LogP contribution is -2.06. The molecule has 52 valence electrons. The van der Waals surface area contributed by atoms with Crippen LogP contribution in [0, 0.1) is 0 Å². The first-order valence-electron chi connectivity index (χ1n) is 2.14. The van der Waals surface area contributed by atoms with E-state index in [1.54, 1.807) is 0 Å². The van der Waals surface area contributed by atoms with E-state index in [0.717, 1.165) is 0 Å². The molecule has 0 saturated heterocycles. The van der Waals surface area contributed by atoms with Crippen LogP contribution >= 0.6 is 8.25 Å². The second-order valence-corrected chi connectivity index (χ2v) is 2.09. The zero-order valence-electron chi connectivity index (χ0n) is 4.96. The van der Waals surface area contributed by atoms with E-state index >= 15 is 0 Å². The molecule has 0 radical (unpaired) electrons. The highest BCUT2D eigenvalue weighted by Crippen LogP contribution is 1.98. The van der Waals surface area contributed by atoms with Crippen LogP contribution in [0.3, 0.4) is 0 Å². The molecule has 0 amide bonds. The Kier molecular flexibility index (Phi) is 9.76. The van der Waals surface area contributed by atoms with E-state index in [1.165, 1.54) is 0 Å². The average molecular weight is 141 g/mol. The summed E-state index contributed by atoms with van der Waals surface area (Å²) in [6.07, 6.45) is 0. The number of hydrogen-bond acceptors (Lipinski definition) is 2. The third kappa shape index (κ3) is 13200. The molecule has 0 aromatic rings. The number of nitrogens with two attached hydrogens (primary N) is 1. The van der Waals surface area contributed by atoms with Crippen molar-refractivity contribution in [3.8, 4) is 0 Å². The molecule has 0 aromatic heterocycles. The lowest BCUT2D eigenvalue weighted by Gasteiger charge is -1.81. The smallest absolute Gasteiger partial charge is 0.314 e. The molecule has 4 nitrogen and oxygen atoms in total. The summed E-state index contributed by atoms with van der Waals surface area (Å²) in [5.41, 5.74) is 5.11. The van der Waals surface area contributed by atoms with Gasteiger partial charge in [-0.25, -0.2) is 0 Å². The van der Waals surface area contributed by atoms with Gasteiger partial charge in [-0.1, -0.05) is 13.8 Å². The summed E-state index contributed by atoms with van der Waals surface area (Å²) in [5.74, 6) is 0. The minimum atomic E-state index is -3.13. The van der Waals surface area contributed by atoms with Crippen molar-refractivity contribution < 1.29 is 14.4 Å². The zero-order valence-corrected chi connectivity index (χ0v) is 5.96.